The second-order valence-corrected chi connectivity index (χ2v) is 13.4. The van der Waals surface area contributed by atoms with E-state index in [4.69, 9.17) is 16.3 Å². The summed E-state index contributed by atoms with van der Waals surface area (Å²) in [6.07, 6.45) is 6.11. The van der Waals surface area contributed by atoms with Gasteiger partial charge in [-0.15, -0.1) is 0 Å². The van der Waals surface area contributed by atoms with Gasteiger partial charge in [0.25, 0.3) is 0 Å². The number of carbonyl (C=O) groups excluding carboxylic acids is 3. The molecule has 5 aliphatic rings. The van der Waals surface area contributed by atoms with Gasteiger partial charge < -0.3 is 25.2 Å². The number of benzene rings is 1. The molecule has 1 saturated carbocycles. The number of likely N-dealkylation sites (tertiary alicyclic amines) is 1. The molecule has 234 valence electrons. The fourth-order valence-corrected chi connectivity index (χ4v) is 8.11. The zero-order valence-electron chi connectivity index (χ0n) is 25.2. The van der Waals surface area contributed by atoms with Gasteiger partial charge in [-0.1, -0.05) is 57.4 Å². The molecule has 2 bridgehead atoms. The minimum absolute atomic E-state index is 0.0238. The first-order valence-corrected chi connectivity index (χ1v) is 16.2. The van der Waals surface area contributed by atoms with Crippen molar-refractivity contribution in [2.24, 2.45) is 23.7 Å². The number of fused-ring (bicyclic) bond motifs is 1. The maximum Gasteiger partial charge on any atom is 0.246 e. The average Bonchev–Trinajstić information content (AvgIpc) is 3.63. The van der Waals surface area contributed by atoms with Crippen LogP contribution in [0.3, 0.4) is 0 Å². The number of carbonyl (C=O) groups is 3. The summed E-state index contributed by atoms with van der Waals surface area (Å²) in [7, 11) is 0. The highest BCUT2D eigenvalue weighted by Crippen LogP contribution is 2.55. The van der Waals surface area contributed by atoms with Crippen molar-refractivity contribution in [3.8, 4) is 0 Å². The first-order valence-electron chi connectivity index (χ1n) is 15.8. The summed E-state index contributed by atoms with van der Waals surface area (Å²) in [5, 5.41) is 6.01. The number of piperazine rings is 1. The summed E-state index contributed by atoms with van der Waals surface area (Å²) in [6.45, 7) is 12.4. The van der Waals surface area contributed by atoms with Crippen LogP contribution in [0.4, 0.5) is 10.1 Å². The molecule has 1 spiro atoms. The molecule has 1 aromatic carbocycles. The van der Waals surface area contributed by atoms with E-state index in [-0.39, 0.29) is 22.9 Å². The Morgan fingerprint density at radius 3 is 2.56 bits per heavy atom. The van der Waals surface area contributed by atoms with E-state index in [1.165, 1.54) is 18.2 Å². The lowest BCUT2D eigenvalue weighted by Gasteiger charge is -2.39. The molecule has 4 fully saturated rings. The van der Waals surface area contributed by atoms with Gasteiger partial charge in [-0.2, -0.15) is 0 Å². The number of ether oxygens (including phenoxy) is 1. The second-order valence-electron chi connectivity index (χ2n) is 13.0. The van der Waals surface area contributed by atoms with Crippen molar-refractivity contribution in [2.45, 2.75) is 63.8 Å². The van der Waals surface area contributed by atoms with Gasteiger partial charge in [0.1, 0.15) is 17.5 Å². The van der Waals surface area contributed by atoms with Crippen molar-refractivity contribution in [3.05, 3.63) is 41.2 Å². The molecule has 0 radical (unpaired) electrons. The van der Waals surface area contributed by atoms with Gasteiger partial charge in [0.15, 0.2) is 0 Å². The zero-order valence-corrected chi connectivity index (χ0v) is 26.0. The Morgan fingerprint density at radius 2 is 1.84 bits per heavy atom. The van der Waals surface area contributed by atoms with Gasteiger partial charge in [-0.3, -0.25) is 19.3 Å². The van der Waals surface area contributed by atoms with E-state index < -0.39 is 41.3 Å². The maximum atomic E-state index is 14.3. The van der Waals surface area contributed by atoms with Crippen LogP contribution in [0, 0.1) is 29.5 Å². The maximum absolute atomic E-state index is 14.3. The van der Waals surface area contributed by atoms with Gasteiger partial charge in [-0.25, -0.2) is 4.39 Å². The number of halogens is 2. The van der Waals surface area contributed by atoms with E-state index in [0.29, 0.717) is 30.6 Å². The summed E-state index contributed by atoms with van der Waals surface area (Å²) < 4.78 is 20.2. The number of hydrogen-bond donors (Lipinski definition) is 2. The fourth-order valence-electron chi connectivity index (χ4n) is 7.93. The summed E-state index contributed by atoms with van der Waals surface area (Å²) in [4.78, 5) is 48.6. The van der Waals surface area contributed by atoms with Crippen LogP contribution in [-0.2, 0) is 19.1 Å². The Morgan fingerprint density at radius 1 is 1.09 bits per heavy atom. The molecule has 4 heterocycles. The van der Waals surface area contributed by atoms with Crippen molar-refractivity contribution in [1.82, 2.24) is 20.0 Å². The van der Waals surface area contributed by atoms with Crippen molar-refractivity contribution < 1.29 is 23.5 Å². The largest absolute Gasteiger partial charge is 0.359 e. The predicted octanol–water partition coefficient (Wildman–Crippen LogP) is 3.15. The van der Waals surface area contributed by atoms with E-state index in [9.17, 15) is 18.8 Å². The SMILES string of the molecule is CCN1CCN(CCN2C(=O)[C@H]3[C@H](C(=O)Nc4ccc(F)c(Cl)c4)[C@H]4C=C[C@@]3(O4)[C@@H]2C(=O)N[C@@H]2CCC[C@@H](C)[C@H]2C)CC1. The second kappa shape index (κ2) is 12.1. The van der Waals surface area contributed by atoms with Crippen molar-refractivity contribution in [3.63, 3.8) is 0 Å². The van der Waals surface area contributed by atoms with Gasteiger partial charge in [0, 0.05) is 51.0 Å². The van der Waals surface area contributed by atoms with Gasteiger partial charge >= 0.3 is 0 Å². The van der Waals surface area contributed by atoms with Crippen LogP contribution < -0.4 is 10.6 Å². The highest BCUT2D eigenvalue weighted by molar-refractivity contribution is 6.31. The summed E-state index contributed by atoms with van der Waals surface area (Å²) in [5.74, 6) is -2.29. The average molecular weight is 616 g/mol. The topological polar surface area (TPSA) is 94.2 Å². The van der Waals surface area contributed by atoms with Crippen LogP contribution in [0.15, 0.2) is 30.4 Å². The third-order valence-corrected chi connectivity index (χ3v) is 11.0. The third kappa shape index (κ3) is 5.49. The summed E-state index contributed by atoms with van der Waals surface area (Å²) in [5.41, 5.74) is -0.890. The lowest BCUT2D eigenvalue weighted by Crippen LogP contribution is -2.58. The molecule has 4 aliphatic heterocycles. The molecule has 3 amide bonds. The predicted molar refractivity (Wildman–Crippen MR) is 162 cm³/mol. The molecule has 1 aromatic rings. The molecule has 0 aromatic heterocycles. The van der Waals surface area contributed by atoms with Crippen molar-refractivity contribution >= 4 is 35.0 Å². The number of amides is 3. The molecule has 3 saturated heterocycles. The van der Waals surface area contributed by atoms with Gasteiger partial charge in [0.05, 0.1) is 23.0 Å². The molecule has 8 atom stereocenters. The number of nitrogens with one attached hydrogen (secondary N) is 2. The normalized spacial score (nSPS) is 35.8. The standard InChI is InChI=1S/C32H43ClFN5O4/c1-4-37-12-14-38(15-13-37)16-17-39-28(30(41)36-24-7-5-6-19(2)20(24)3)32-11-10-25(43-32)26(27(32)31(39)42)29(40)35-21-8-9-23(34)22(33)18-21/h8-11,18-20,24-28H,4-7,12-17H2,1-3H3,(H,35,40)(H,36,41)/t19-,20-,24-,25-,26-,27-,28+,32+/m1/s1. The van der Waals surface area contributed by atoms with E-state index in [1.54, 1.807) is 4.90 Å². The van der Waals surface area contributed by atoms with E-state index in [0.717, 1.165) is 52.0 Å². The zero-order chi connectivity index (χ0) is 30.5. The number of rotatable bonds is 8. The molecule has 2 N–H and O–H groups in total. The lowest BCUT2D eigenvalue weighted by atomic mass is 9.73. The van der Waals surface area contributed by atoms with Crippen molar-refractivity contribution in [1.29, 1.82) is 0 Å². The number of hydrogen-bond acceptors (Lipinski definition) is 6. The molecule has 9 nitrogen and oxygen atoms in total. The molecule has 0 unspecified atom stereocenters. The lowest BCUT2D eigenvalue weighted by molar-refractivity contribution is -0.142. The molecule has 11 heteroatoms. The van der Waals surface area contributed by atoms with E-state index in [1.807, 2.05) is 12.2 Å². The summed E-state index contributed by atoms with van der Waals surface area (Å²) in [6, 6.07) is 3.12. The minimum atomic E-state index is -1.22. The van der Waals surface area contributed by atoms with Crippen LogP contribution in [-0.4, -0.2) is 102 Å². The van der Waals surface area contributed by atoms with Crippen LogP contribution in [0.2, 0.25) is 5.02 Å². The van der Waals surface area contributed by atoms with Crippen molar-refractivity contribution in [2.75, 3.05) is 51.1 Å². The van der Waals surface area contributed by atoms with Crippen LogP contribution >= 0.6 is 11.6 Å². The molecular weight excluding hydrogens is 573 g/mol. The Hall–Kier alpha value is -2.53. The van der Waals surface area contributed by atoms with Gasteiger partial charge in [-0.05, 0) is 43.0 Å². The highest BCUT2D eigenvalue weighted by Gasteiger charge is 2.72. The fraction of sp³-hybridized carbons (Fsp3) is 0.656. The van der Waals surface area contributed by atoms with Crippen LogP contribution in [0.5, 0.6) is 0 Å². The molecule has 6 rings (SSSR count). The molecular formula is C32H43ClFN5O4. The monoisotopic (exact) mass is 615 g/mol. The summed E-state index contributed by atoms with van der Waals surface area (Å²) >= 11 is 5.94. The molecule has 43 heavy (non-hydrogen) atoms. The smallest absolute Gasteiger partial charge is 0.246 e. The molecule has 1 aliphatic carbocycles. The van der Waals surface area contributed by atoms with Gasteiger partial charge in [0.2, 0.25) is 17.7 Å². The Kier molecular flexibility index (Phi) is 8.58. The number of likely N-dealkylation sites (N-methyl/N-ethyl adjacent to an activating group) is 1. The first kappa shape index (κ1) is 30.5. The number of nitrogens with zero attached hydrogens (tertiary/aromatic N) is 3. The Labute approximate surface area is 258 Å². The Balaban J connectivity index is 1.25. The Bertz CT molecular complexity index is 1290. The number of anilines is 1. The van der Waals surface area contributed by atoms with Crippen LogP contribution in [0.1, 0.15) is 40.0 Å². The quantitative estimate of drug-likeness (QED) is 0.437. The highest BCUT2D eigenvalue weighted by atomic mass is 35.5. The first-order chi connectivity index (χ1) is 20.6. The van der Waals surface area contributed by atoms with E-state index >= 15 is 0 Å². The van der Waals surface area contributed by atoms with E-state index in [2.05, 4.69) is 41.2 Å². The van der Waals surface area contributed by atoms with Crippen LogP contribution in [0.25, 0.3) is 0 Å². The minimum Gasteiger partial charge on any atom is -0.359 e. The third-order valence-electron chi connectivity index (χ3n) is 10.7.